The fourth-order valence-corrected chi connectivity index (χ4v) is 1.89. The van der Waals surface area contributed by atoms with Crippen molar-refractivity contribution in [3.05, 3.63) is 29.8 Å². The van der Waals surface area contributed by atoms with Crippen LogP contribution < -0.4 is 10.6 Å². The standard InChI is InChI=1S/C15H20F3N5/c1-3-23(4-2)10-9-20-14(21-11-19)22-13-7-5-12(6-8-13)15(16,17)18/h5-8H,3-4,9-10H2,1-2H3,(H2,20,21,22). The number of guanidine groups is 1. The highest BCUT2D eigenvalue weighted by Gasteiger charge is 2.29. The second-order valence-electron chi connectivity index (χ2n) is 4.69. The average molecular weight is 327 g/mol. The maximum Gasteiger partial charge on any atom is 0.416 e. The van der Waals surface area contributed by atoms with Gasteiger partial charge in [0.1, 0.15) is 0 Å². The number of hydrogen-bond donors (Lipinski definition) is 2. The van der Waals surface area contributed by atoms with Gasteiger partial charge in [0.15, 0.2) is 6.19 Å². The molecule has 0 aliphatic rings. The van der Waals surface area contributed by atoms with Gasteiger partial charge in [0, 0.05) is 12.2 Å². The lowest BCUT2D eigenvalue weighted by Crippen LogP contribution is -2.30. The summed E-state index contributed by atoms with van der Waals surface area (Å²) in [6.45, 7) is 7.10. The zero-order valence-electron chi connectivity index (χ0n) is 13.1. The van der Waals surface area contributed by atoms with Gasteiger partial charge < -0.3 is 10.2 Å². The highest BCUT2D eigenvalue weighted by atomic mass is 19.4. The average Bonchev–Trinajstić information content (AvgIpc) is 2.51. The Labute approximate surface area is 133 Å². The van der Waals surface area contributed by atoms with Gasteiger partial charge in [-0.3, -0.25) is 10.3 Å². The quantitative estimate of drug-likeness (QED) is 0.365. The van der Waals surface area contributed by atoms with E-state index in [9.17, 15) is 13.2 Å². The number of halogens is 3. The number of nitriles is 1. The zero-order chi connectivity index (χ0) is 17.3. The van der Waals surface area contributed by atoms with Crippen LogP contribution in [0.4, 0.5) is 18.9 Å². The van der Waals surface area contributed by atoms with Crippen molar-refractivity contribution in [3.63, 3.8) is 0 Å². The molecule has 1 rings (SSSR count). The van der Waals surface area contributed by atoms with Crippen LogP contribution >= 0.6 is 0 Å². The third kappa shape index (κ3) is 6.57. The lowest BCUT2D eigenvalue weighted by molar-refractivity contribution is -0.137. The van der Waals surface area contributed by atoms with E-state index in [-0.39, 0.29) is 5.96 Å². The SMILES string of the molecule is CCN(CC)CCN=C(NC#N)Nc1ccc(C(F)(F)F)cc1. The number of aliphatic imine (C=N–C) groups is 1. The summed E-state index contributed by atoms with van der Waals surface area (Å²) >= 11 is 0. The first-order chi connectivity index (χ1) is 10.9. The van der Waals surface area contributed by atoms with E-state index in [0.717, 1.165) is 31.8 Å². The van der Waals surface area contributed by atoms with Crippen LogP contribution in [0.25, 0.3) is 0 Å². The summed E-state index contributed by atoms with van der Waals surface area (Å²) in [5, 5.41) is 13.9. The van der Waals surface area contributed by atoms with Crippen molar-refractivity contribution < 1.29 is 13.2 Å². The number of nitrogens with one attached hydrogen (secondary N) is 2. The number of nitrogens with zero attached hydrogens (tertiary/aromatic N) is 3. The largest absolute Gasteiger partial charge is 0.416 e. The predicted molar refractivity (Wildman–Crippen MR) is 83.9 cm³/mol. The summed E-state index contributed by atoms with van der Waals surface area (Å²) < 4.78 is 37.5. The van der Waals surface area contributed by atoms with E-state index >= 15 is 0 Å². The summed E-state index contributed by atoms with van der Waals surface area (Å²) in [5.74, 6) is 0.208. The van der Waals surface area contributed by atoms with Crippen molar-refractivity contribution in [1.29, 1.82) is 5.26 Å². The second-order valence-corrected chi connectivity index (χ2v) is 4.69. The van der Waals surface area contributed by atoms with Crippen molar-refractivity contribution in [2.45, 2.75) is 20.0 Å². The minimum absolute atomic E-state index is 0.208. The Morgan fingerprint density at radius 3 is 2.30 bits per heavy atom. The van der Waals surface area contributed by atoms with E-state index in [0.29, 0.717) is 12.2 Å². The van der Waals surface area contributed by atoms with Gasteiger partial charge in [-0.25, -0.2) is 0 Å². The van der Waals surface area contributed by atoms with Gasteiger partial charge in [0.25, 0.3) is 0 Å². The molecule has 0 aliphatic heterocycles. The number of alkyl halides is 3. The van der Waals surface area contributed by atoms with Gasteiger partial charge in [-0.05, 0) is 37.4 Å². The Morgan fingerprint density at radius 1 is 1.22 bits per heavy atom. The molecule has 1 aromatic rings. The molecule has 23 heavy (non-hydrogen) atoms. The van der Waals surface area contributed by atoms with Gasteiger partial charge in [-0.1, -0.05) is 13.8 Å². The predicted octanol–water partition coefficient (Wildman–Crippen LogP) is 2.89. The zero-order valence-corrected chi connectivity index (χ0v) is 13.1. The molecule has 0 fully saturated rings. The molecule has 0 unspecified atom stereocenters. The molecule has 0 spiro atoms. The van der Waals surface area contributed by atoms with E-state index in [1.807, 2.05) is 13.8 Å². The van der Waals surface area contributed by atoms with Gasteiger partial charge >= 0.3 is 6.18 Å². The monoisotopic (exact) mass is 327 g/mol. The Balaban J connectivity index is 2.70. The smallest absolute Gasteiger partial charge is 0.326 e. The summed E-state index contributed by atoms with van der Waals surface area (Å²) in [6, 6.07) is 4.54. The molecular formula is C15H20F3N5. The molecule has 5 nitrogen and oxygen atoms in total. The van der Waals surface area contributed by atoms with Gasteiger partial charge in [0.2, 0.25) is 5.96 Å². The van der Waals surface area contributed by atoms with E-state index in [2.05, 4.69) is 20.5 Å². The summed E-state index contributed by atoms with van der Waals surface area (Å²) in [6.07, 6.45) is -2.62. The van der Waals surface area contributed by atoms with E-state index in [1.54, 1.807) is 6.19 Å². The van der Waals surface area contributed by atoms with Gasteiger partial charge in [0.05, 0.1) is 12.1 Å². The van der Waals surface area contributed by atoms with Gasteiger partial charge in [-0.2, -0.15) is 18.4 Å². The second kappa shape index (κ2) is 9.00. The lowest BCUT2D eigenvalue weighted by atomic mass is 10.2. The fourth-order valence-electron chi connectivity index (χ4n) is 1.89. The van der Waals surface area contributed by atoms with Crippen molar-refractivity contribution in [1.82, 2.24) is 10.2 Å². The molecule has 0 amide bonds. The molecule has 0 saturated heterocycles. The van der Waals surface area contributed by atoms with Crippen molar-refractivity contribution in [3.8, 4) is 6.19 Å². The molecule has 0 heterocycles. The first-order valence-corrected chi connectivity index (χ1v) is 7.26. The molecule has 0 aromatic heterocycles. The fraction of sp³-hybridized carbons (Fsp3) is 0.467. The van der Waals surface area contributed by atoms with Crippen LogP contribution in [0.1, 0.15) is 19.4 Å². The van der Waals surface area contributed by atoms with Crippen LogP contribution in [-0.2, 0) is 6.18 Å². The molecule has 126 valence electrons. The summed E-state index contributed by atoms with van der Waals surface area (Å²) in [7, 11) is 0. The highest BCUT2D eigenvalue weighted by molar-refractivity contribution is 5.94. The molecule has 0 saturated carbocycles. The molecule has 0 atom stereocenters. The number of anilines is 1. The Morgan fingerprint density at radius 2 is 1.83 bits per heavy atom. The summed E-state index contributed by atoms with van der Waals surface area (Å²) in [4.78, 5) is 6.40. The maximum absolute atomic E-state index is 12.5. The molecular weight excluding hydrogens is 307 g/mol. The van der Waals surface area contributed by atoms with Crippen molar-refractivity contribution >= 4 is 11.6 Å². The van der Waals surface area contributed by atoms with E-state index < -0.39 is 11.7 Å². The first-order valence-electron chi connectivity index (χ1n) is 7.26. The summed E-state index contributed by atoms with van der Waals surface area (Å²) in [5.41, 5.74) is -0.307. The molecule has 2 N–H and O–H groups in total. The highest BCUT2D eigenvalue weighted by Crippen LogP contribution is 2.29. The van der Waals surface area contributed by atoms with Crippen LogP contribution in [0, 0.1) is 11.5 Å². The number of likely N-dealkylation sites (N-methyl/N-ethyl adjacent to an activating group) is 1. The minimum Gasteiger partial charge on any atom is -0.326 e. The third-order valence-electron chi connectivity index (χ3n) is 3.23. The normalized spacial score (nSPS) is 12.1. The Kier molecular flexibility index (Phi) is 7.35. The molecule has 0 radical (unpaired) electrons. The number of benzene rings is 1. The third-order valence-corrected chi connectivity index (χ3v) is 3.23. The van der Waals surface area contributed by atoms with E-state index in [4.69, 9.17) is 5.26 Å². The number of hydrogen-bond acceptors (Lipinski definition) is 3. The molecule has 1 aromatic carbocycles. The molecule has 0 bridgehead atoms. The first kappa shape index (κ1) is 18.8. The van der Waals surface area contributed by atoms with Crippen LogP contribution in [0.15, 0.2) is 29.3 Å². The van der Waals surface area contributed by atoms with E-state index in [1.165, 1.54) is 12.1 Å². The molecule has 8 heteroatoms. The Hall–Kier alpha value is -2.27. The van der Waals surface area contributed by atoms with Crippen molar-refractivity contribution in [2.75, 3.05) is 31.5 Å². The van der Waals surface area contributed by atoms with Crippen LogP contribution in [-0.4, -0.2) is 37.0 Å². The topological polar surface area (TPSA) is 63.5 Å². The maximum atomic E-state index is 12.5. The Bertz CT molecular complexity index is 542. The van der Waals surface area contributed by atoms with Crippen molar-refractivity contribution in [2.24, 2.45) is 4.99 Å². The van der Waals surface area contributed by atoms with Gasteiger partial charge in [-0.15, -0.1) is 0 Å². The lowest BCUT2D eigenvalue weighted by Gasteiger charge is -2.16. The number of rotatable bonds is 6. The van der Waals surface area contributed by atoms with Crippen LogP contribution in [0.2, 0.25) is 0 Å². The minimum atomic E-state index is -4.37. The van der Waals surface area contributed by atoms with Crippen LogP contribution in [0.3, 0.4) is 0 Å². The molecule has 0 aliphatic carbocycles. The van der Waals surface area contributed by atoms with Crippen LogP contribution in [0.5, 0.6) is 0 Å².